The third-order valence-corrected chi connectivity index (χ3v) is 11.3. The molecule has 0 saturated carbocycles. The Morgan fingerprint density at radius 1 is 0.340 bits per heavy atom. The molecule has 1 aliphatic carbocycles. The van der Waals surface area contributed by atoms with Gasteiger partial charge in [0.15, 0.2) is 0 Å². The van der Waals surface area contributed by atoms with E-state index in [-0.39, 0.29) is 0 Å². The molecule has 2 nitrogen and oxygen atoms in total. The van der Waals surface area contributed by atoms with Gasteiger partial charge in [0.2, 0.25) is 0 Å². The molecule has 0 N–H and O–H groups in total. The molecule has 0 aromatic heterocycles. The molecule has 0 saturated heterocycles. The average Bonchev–Trinajstić information content (AvgIpc) is 3.23. The van der Waals surface area contributed by atoms with Crippen molar-refractivity contribution in [2.75, 3.05) is 4.90 Å². The molecular formula is C51H33NO. The van der Waals surface area contributed by atoms with Gasteiger partial charge in [0.1, 0.15) is 11.5 Å². The van der Waals surface area contributed by atoms with E-state index in [0.29, 0.717) is 0 Å². The minimum atomic E-state index is -0.607. The Bertz CT molecular complexity index is 2870. The highest BCUT2D eigenvalue weighted by Crippen LogP contribution is 2.61. The van der Waals surface area contributed by atoms with Crippen LogP contribution in [0.1, 0.15) is 22.3 Å². The number of hydrogen-bond acceptors (Lipinski definition) is 2. The van der Waals surface area contributed by atoms with Crippen LogP contribution < -0.4 is 9.64 Å². The molecule has 248 valence electrons. The highest BCUT2D eigenvalue weighted by Gasteiger charge is 2.49. The number of benzene rings is 9. The highest BCUT2D eigenvalue weighted by atomic mass is 16.5. The van der Waals surface area contributed by atoms with Crippen molar-refractivity contribution in [2.24, 2.45) is 0 Å². The van der Waals surface area contributed by atoms with Crippen LogP contribution in [0.3, 0.4) is 0 Å². The smallest absolute Gasteiger partial charge is 0.132 e. The van der Waals surface area contributed by atoms with Crippen LogP contribution in [0.4, 0.5) is 17.1 Å². The molecule has 53 heavy (non-hydrogen) atoms. The fourth-order valence-corrected chi connectivity index (χ4v) is 9.02. The first-order chi connectivity index (χ1) is 26.3. The Hall–Kier alpha value is -6.90. The molecule has 2 aliphatic rings. The van der Waals surface area contributed by atoms with Crippen molar-refractivity contribution < 1.29 is 4.74 Å². The van der Waals surface area contributed by atoms with Gasteiger partial charge in [-0.1, -0.05) is 146 Å². The topological polar surface area (TPSA) is 12.5 Å². The average molecular weight is 676 g/mol. The molecule has 1 heterocycles. The van der Waals surface area contributed by atoms with Crippen LogP contribution in [0.5, 0.6) is 11.5 Å². The van der Waals surface area contributed by atoms with E-state index in [1.807, 2.05) is 0 Å². The molecule has 11 rings (SSSR count). The zero-order chi connectivity index (χ0) is 34.9. The van der Waals surface area contributed by atoms with E-state index in [2.05, 4.69) is 205 Å². The second-order valence-corrected chi connectivity index (χ2v) is 14.1. The minimum absolute atomic E-state index is 0.607. The predicted molar refractivity (Wildman–Crippen MR) is 219 cm³/mol. The Morgan fingerprint density at radius 3 is 1.83 bits per heavy atom. The largest absolute Gasteiger partial charge is 0.457 e. The second-order valence-electron chi connectivity index (χ2n) is 14.1. The molecule has 2 heteroatoms. The van der Waals surface area contributed by atoms with Gasteiger partial charge in [0.25, 0.3) is 0 Å². The van der Waals surface area contributed by atoms with Crippen LogP contribution in [0.2, 0.25) is 0 Å². The summed E-state index contributed by atoms with van der Waals surface area (Å²) in [5, 5.41) is 4.95. The summed E-state index contributed by atoms with van der Waals surface area (Å²) >= 11 is 0. The molecule has 9 aromatic rings. The third-order valence-electron chi connectivity index (χ3n) is 11.3. The molecule has 1 unspecified atom stereocenters. The summed E-state index contributed by atoms with van der Waals surface area (Å²) in [6.07, 6.45) is 0. The maximum atomic E-state index is 6.84. The van der Waals surface area contributed by atoms with Gasteiger partial charge >= 0.3 is 0 Å². The summed E-state index contributed by atoms with van der Waals surface area (Å²) in [6, 6.07) is 72.7. The monoisotopic (exact) mass is 675 g/mol. The lowest BCUT2D eigenvalue weighted by atomic mass is 9.58. The second kappa shape index (κ2) is 11.6. The first-order valence-electron chi connectivity index (χ1n) is 18.3. The zero-order valence-corrected chi connectivity index (χ0v) is 28.9. The zero-order valence-electron chi connectivity index (χ0n) is 28.9. The first kappa shape index (κ1) is 29.8. The van der Waals surface area contributed by atoms with E-state index in [1.165, 1.54) is 54.9 Å². The molecule has 1 aliphatic heterocycles. The van der Waals surface area contributed by atoms with Gasteiger partial charge in [0, 0.05) is 28.2 Å². The highest BCUT2D eigenvalue weighted by molar-refractivity contribution is 6.05. The van der Waals surface area contributed by atoms with Crippen LogP contribution in [0, 0.1) is 0 Å². The quantitative estimate of drug-likeness (QED) is 0.184. The number of para-hydroxylation sites is 2. The molecule has 0 radical (unpaired) electrons. The maximum Gasteiger partial charge on any atom is 0.132 e. The third kappa shape index (κ3) is 4.39. The Labute approximate surface area is 308 Å². The Kier molecular flexibility index (Phi) is 6.50. The van der Waals surface area contributed by atoms with E-state index in [4.69, 9.17) is 4.74 Å². The summed E-state index contributed by atoms with van der Waals surface area (Å²) in [5.74, 6) is 1.77. The number of rotatable bonds is 4. The van der Waals surface area contributed by atoms with Crippen molar-refractivity contribution in [3.05, 3.63) is 222 Å². The van der Waals surface area contributed by atoms with Crippen LogP contribution in [-0.2, 0) is 5.41 Å². The lowest BCUT2D eigenvalue weighted by Gasteiger charge is -2.45. The van der Waals surface area contributed by atoms with Crippen LogP contribution >= 0.6 is 0 Å². The molecule has 0 amide bonds. The Morgan fingerprint density at radius 2 is 0.962 bits per heavy atom. The Balaban J connectivity index is 1.17. The first-order valence-corrected chi connectivity index (χ1v) is 18.3. The molecular weight excluding hydrogens is 643 g/mol. The standard InChI is InChI=1S/C51H33NO/c1-3-13-34(14-4-1)36-25-26-38-32-40(28-27-37(38)31-36)52(39-17-5-2-6-18-39)41-29-30-49-47(33-41)51(45-22-9-10-24-48(45)53-49)44-21-8-7-19-42(44)43-20-11-15-35-16-12-23-46(51)50(35)43/h1-33H. The summed E-state index contributed by atoms with van der Waals surface area (Å²) < 4.78 is 6.84. The van der Waals surface area contributed by atoms with E-state index in [9.17, 15) is 0 Å². The SMILES string of the molecule is c1ccc(-c2ccc3cc(N(c4ccccc4)c4ccc5c(c4)C4(c6ccccc6O5)c5ccccc5-c5cccc6cccc4c56)ccc3c2)cc1. The van der Waals surface area contributed by atoms with Gasteiger partial charge in [-0.3, -0.25) is 0 Å². The molecule has 1 atom stereocenters. The van der Waals surface area contributed by atoms with Gasteiger partial charge in [-0.15, -0.1) is 0 Å². The van der Waals surface area contributed by atoms with Crippen molar-refractivity contribution in [3.63, 3.8) is 0 Å². The predicted octanol–water partition coefficient (Wildman–Crippen LogP) is 13.6. The van der Waals surface area contributed by atoms with Gasteiger partial charge in [0.05, 0.1) is 5.41 Å². The summed E-state index contributed by atoms with van der Waals surface area (Å²) in [7, 11) is 0. The molecule has 0 bridgehead atoms. The molecule has 9 aromatic carbocycles. The van der Waals surface area contributed by atoms with E-state index in [0.717, 1.165) is 39.7 Å². The fraction of sp³-hybridized carbons (Fsp3) is 0.0196. The minimum Gasteiger partial charge on any atom is -0.457 e. The van der Waals surface area contributed by atoms with Crippen molar-refractivity contribution in [2.45, 2.75) is 5.41 Å². The van der Waals surface area contributed by atoms with Crippen molar-refractivity contribution in [1.29, 1.82) is 0 Å². The summed E-state index contributed by atoms with van der Waals surface area (Å²) in [5.41, 5.74) is 12.5. The van der Waals surface area contributed by atoms with Crippen LogP contribution in [-0.4, -0.2) is 0 Å². The molecule has 1 spiro atoms. The van der Waals surface area contributed by atoms with E-state index in [1.54, 1.807) is 0 Å². The van der Waals surface area contributed by atoms with E-state index >= 15 is 0 Å². The summed E-state index contributed by atoms with van der Waals surface area (Å²) in [6.45, 7) is 0. The summed E-state index contributed by atoms with van der Waals surface area (Å²) in [4.78, 5) is 2.38. The maximum absolute atomic E-state index is 6.84. The number of nitrogens with zero attached hydrogens (tertiary/aromatic N) is 1. The fourth-order valence-electron chi connectivity index (χ4n) is 9.02. The van der Waals surface area contributed by atoms with Crippen molar-refractivity contribution in [1.82, 2.24) is 0 Å². The van der Waals surface area contributed by atoms with Gasteiger partial charge in [-0.2, -0.15) is 0 Å². The lowest BCUT2D eigenvalue weighted by molar-refractivity contribution is 0.435. The number of anilines is 3. The van der Waals surface area contributed by atoms with Gasteiger partial charge in [-0.25, -0.2) is 0 Å². The van der Waals surface area contributed by atoms with Crippen molar-refractivity contribution in [3.8, 4) is 33.8 Å². The normalized spacial score (nSPS) is 15.0. The van der Waals surface area contributed by atoms with Crippen LogP contribution in [0.25, 0.3) is 43.8 Å². The number of ether oxygens (including phenoxy) is 1. The van der Waals surface area contributed by atoms with Crippen molar-refractivity contribution >= 4 is 38.6 Å². The van der Waals surface area contributed by atoms with Crippen LogP contribution in [0.15, 0.2) is 200 Å². The van der Waals surface area contributed by atoms with Gasteiger partial charge < -0.3 is 9.64 Å². The van der Waals surface area contributed by atoms with Gasteiger partial charge in [-0.05, 0) is 110 Å². The number of fused-ring (bicyclic) bond motifs is 9. The van der Waals surface area contributed by atoms with E-state index < -0.39 is 5.41 Å². The number of hydrogen-bond donors (Lipinski definition) is 0. The molecule has 0 fully saturated rings. The lowest BCUT2D eigenvalue weighted by Crippen LogP contribution is -2.36.